The molecule has 58 valence electrons. The fourth-order valence-electron chi connectivity index (χ4n) is 1.53. The molecule has 2 atom stereocenters. The molecule has 0 fully saturated rings. The number of benzene rings is 1. The number of fused-ring (bicyclic) bond motifs is 1. The zero-order valence-electron chi connectivity index (χ0n) is 6.59. The highest BCUT2D eigenvalue weighted by Gasteiger charge is 2.16. The SMILES string of the molecule is CC1CNc2cc(P)ccc21. The molecule has 0 saturated heterocycles. The van der Waals surface area contributed by atoms with Crippen LogP contribution in [-0.4, -0.2) is 6.54 Å². The Labute approximate surface area is 69.4 Å². The van der Waals surface area contributed by atoms with E-state index < -0.39 is 0 Å². The molecular weight excluding hydrogens is 153 g/mol. The minimum absolute atomic E-state index is 0.676. The summed E-state index contributed by atoms with van der Waals surface area (Å²) in [6.07, 6.45) is 0. The monoisotopic (exact) mass is 165 g/mol. The lowest BCUT2D eigenvalue weighted by molar-refractivity contribution is 0.854. The molecule has 0 spiro atoms. The summed E-state index contributed by atoms with van der Waals surface area (Å²) in [5.41, 5.74) is 2.77. The van der Waals surface area contributed by atoms with Gasteiger partial charge in [-0.15, -0.1) is 9.24 Å². The molecule has 1 heterocycles. The highest BCUT2D eigenvalue weighted by Crippen LogP contribution is 2.29. The molecule has 0 amide bonds. The highest BCUT2D eigenvalue weighted by molar-refractivity contribution is 7.27. The molecule has 0 aliphatic carbocycles. The quantitative estimate of drug-likeness (QED) is 0.577. The van der Waals surface area contributed by atoms with Crippen molar-refractivity contribution in [3.8, 4) is 0 Å². The summed E-state index contributed by atoms with van der Waals surface area (Å²) in [4.78, 5) is 0. The first-order valence-corrected chi connectivity index (χ1v) is 4.48. The molecule has 0 saturated carbocycles. The molecule has 1 aromatic rings. The van der Waals surface area contributed by atoms with E-state index in [9.17, 15) is 0 Å². The van der Waals surface area contributed by atoms with E-state index in [0.717, 1.165) is 6.54 Å². The zero-order valence-corrected chi connectivity index (χ0v) is 7.75. The predicted molar refractivity (Wildman–Crippen MR) is 52.7 cm³/mol. The first-order valence-electron chi connectivity index (χ1n) is 3.90. The maximum Gasteiger partial charge on any atom is 0.0382 e. The van der Waals surface area contributed by atoms with E-state index in [0.29, 0.717) is 5.92 Å². The summed E-state index contributed by atoms with van der Waals surface area (Å²) < 4.78 is 0. The molecule has 0 bridgehead atoms. The predicted octanol–water partition coefficient (Wildman–Crippen LogP) is 1.72. The van der Waals surface area contributed by atoms with Crippen LogP contribution in [0.3, 0.4) is 0 Å². The molecule has 2 heteroatoms. The molecule has 2 rings (SSSR count). The lowest BCUT2D eigenvalue weighted by Gasteiger charge is -2.01. The minimum atomic E-state index is 0.676. The Bertz CT molecular complexity index is 283. The molecular formula is C9H12NP. The molecule has 1 N–H and O–H groups in total. The normalized spacial score (nSPS) is 21.1. The van der Waals surface area contributed by atoms with Crippen LogP contribution in [0.1, 0.15) is 18.4 Å². The van der Waals surface area contributed by atoms with Crippen LogP contribution in [-0.2, 0) is 0 Å². The summed E-state index contributed by atoms with van der Waals surface area (Å²) in [6.45, 7) is 3.34. The van der Waals surface area contributed by atoms with Gasteiger partial charge in [-0.05, 0) is 16.9 Å². The Morgan fingerprint density at radius 2 is 2.36 bits per heavy atom. The van der Waals surface area contributed by atoms with Gasteiger partial charge in [0.15, 0.2) is 0 Å². The summed E-state index contributed by atoms with van der Waals surface area (Å²) in [6, 6.07) is 6.54. The first-order chi connectivity index (χ1) is 5.27. The van der Waals surface area contributed by atoms with Gasteiger partial charge in [0.05, 0.1) is 0 Å². The van der Waals surface area contributed by atoms with Gasteiger partial charge in [-0.1, -0.05) is 19.1 Å². The van der Waals surface area contributed by atoms with Gasteiger partial charge in [-0.3, -0.25) is 0 Å². The average molecular weight is 165 g/mol. The third kappa shape index (κ3) is 1.14. The fraction of sp³-hybridized carbons (Fsp3) is 0.333. The maximum atomic E-state index is 3.38. The number of rotatable bonds is 0. The lowest BCUT2D eigenvalue weighted by atomic mass is 10.0. The van der Waals surface area contributed by atoms with Crippen molar-refractivity contribution in [3.63, 3.8) is 0 Å². The van der Waals surface area contributed by atoms with Crippen molar-refractivity contribution < 1.29 is 0 Å². The van der Waals surface area contributed by atoms with Gasteiger partial charge in [0.1, 0.15) is 0 Å². The van der Waals surface area contributed by atoms with Crippen LogP contribution in [0.15, 0.2) is 18.2 Å². The third-order valence-corrected chi connectivity index (χ3v) is 2.57. The second kappa shape index (κ2) is 2.49. The van der Waals surface area contributed by atoms with Gasteiger partial charge < -0.3 is 5.32 Å². The van der Waals surface area contributed by atoms with Gasteiger partial charge in [0.2, 0.25) is 0 Å². The number of hydrogen-bond acceptors (Lipinski definition) is 1. The second-order valence-corrected chi connectivity index (χ2v) is 3.80. The molecule has 1 nitrogen and oxygen atoms in total. The first kappa shape index (κ1) is 7.12. The average Bonchev–Trinajstić information content (AvgIpc) is 2.32. The topological polar surface area (TPSA) is 12.0 Å². The standard InChI is InChI=1S/C9H12NP/c1-6-5-10-9-4-7(11)2-3-8(6)9/h2-4,6,10H,5,11H2,1H3. The second-order valence-electron chi connectivity index (χ2n) is 3.13. The van der Waals surface area contributed by atoms with E-state index in [4.69, 9.17) is 0 Å². The smallest absolute Gasteiger partial charge is 0.0382 e. The van der Waals surface area contributed by atoms with E-state index in [1.165, 1.54) is 16.6 Å². The van der Waals surface area contributed by atoms with Crippen molar-refractivity contribution >= 4 is 20.2 Å². The summed E-state index contributed by atoms with van der Waals surface area (Å²) >= 11 is 0. The lowest BCUT2D eigenvalue weighted by Crippen LogP contribution is -1.96. The molecule has 1 aliphatic heterocycles. The fourth-order valence-corrected chi connectivity index (χ4v) is 1.79. The van der Waals surface area contributed by atoms with E-state index in [1.54, 1.807) is 0 Å². The maximum absolute atomic E-state index is 3.38. The van der Waals surface area contributed by atoms with E-state index in [1.807, 2.05) is 0 Å². The summed E-state index contributed by atoms with van der Waals surface area (Å²) in [7, 11) is 2.71. The summed E-state index contributed by atoms with van der Waals surface area (Å²) in [5, 5.41) is 4.63. The van der Waals surface area contributed by atoms with E-state index in [2.05, 4.69) is 39.7 Å². The molecule has 0 aromatic heterocycles. The minimum Gasteiger partial charge on any atom is -0.384 e. The highest BCUT2D eigenvalue weighted by atomic mass is 31.0. The van der Waals surface area contributed by atoms with Crippen molar-refractivity contribution in [2.75, 3.05) is 11.9 Å². The van der Waals surface area contributed by atoms with Gasteiger partial charge in [0, 0.05) is 18.2 Å². The van der Waals surface area contributed by atoms with Crippen molar-refractivity contribution in [3.05, 3.63) is 23.8 Å². The van der Waals surface area contributed by atoms with Crippen LogP contribution in [0.2, 0.25) is 0 Å². The van der Waals surface area contributed by atoms with E-state index in [-0.39, 0.29) is 0 Å². The van der Waals surface area contributed by atoms with Gasteiger partial charge in [-0.2, -0.15) is 0 Å². The van der Waals surface area contributed by atoms with Crippen LogP contribution < -0.4 is 10.6 Å². The van der Waals surface area contributed by atoms with Crippen LogP contribution >= 0.6 is 9.24 Å². The van der Waals surface area contributed by atoms with Crippen molar-refractivity contribution in [1.82, 2.24) is 0 Å². The van der Waals surface area contributed by atoms with Crippen LogP contribution in [0.4, 0.5) is 5.69 Å². The van der Waals surface area contributed by atoms with Crippen LogP contribution in [0.25, 0.3) is 0 Å². The molecule has 0 radical (unpaired) electrons. The van der Waals surface area contributed by atoms with Gasteiger partial charge in [-0.25, -0.2) is 0 Å². The zero-order chi connectivity index (χ0) is 7.84. The molecule has 11 heavy (non-hydrogen) atoms. The van der Waals surface area contributed by atoms with Gasteiger partial charge >= 0.3 is 0 Å². The number of anilines is 1. The number of hydrogen-bond donors (Lipinski definition) is 1. The number of nitrogens with one attached hydrogen (secondary N) is 1. The Balaban J connectivity index is 2.50. The van der Waals surface area contributed by atoms with Crippen molar-refractivity contribution in [2.45, 2.75) is 12.8 Å². The molecule has 2 unspecified atom stereocenters. The van der Waals surface area contributed by atoms with Gasteiger partial charge in [0.25, 0.3) is 0 Å². The van der Waals surface area contributed by atoms with Crippen LogP contribution in [0.5, 0.6) is 0 Å². The molecule has 1 aromatic carbocycles. The third-order valence-electron chi connectivity index (χ3n) is 2.21. The Morgan fingerprint density at radius 1 is 1.55 bits per heavy atom. The van der Waals surface area contributed by atoms with Crippen molar-refractivity contribution in [1.29, 1.82) is 0 Å². The summed E-state index contributed by atoms with van der Waals surface area (Å²) in [5.74, 6) is 0.676. The Morgan fingerprint density at radius 3 is 3.18 bits per heavy atom. The van der Waals surface area contributed by atoms with E-state index >= 15 is 0 Å². The molecule has 1 aliphatic rings. The Hall–Kier alpha value is -0.550. The van der Waals surface area contributed by atoms with Crippen LogP contribution in [0, 0.1) is 0 Å². The van der Waals surface area contributed by atoms with Crippen molar-refractivity contribution in [2.24, 2.45) is 0 Å². The largest absolute Gasteiger partial charge is 0.384 e. The Kier molecular flexibility index (Phi) is 1.61.